The van der Waals surface area contributed by atoms with Crippen LogP contribution in [-0.4, -0.2) is 25.0 Å². The standard InChI is InChI=1S/C20H20Cl2N2O3/c1-27-14-8-9-17(15(11-14)20(26)23-13-6-7-13)24-18(25)10-5-12-3-2-4-16(21)19(12)22/h2-4,8-9,11,13H,5-7,10H2,1H3,(H,23,26)(H,24,25). The first-order valence-corrected chi connectivity index (χ1v) is 9.45. The average molecular weight is 407 g/mol. The highest BCUT2D eigenvalue weighted by Gasteiger charge is 2.25. The molecule has 0 aromatic heterocycles. The van der Waals surface area contributed by atoms with Crippen molar-refractivity contribution in [2.45, 2.75) is 31.7 Å². The molecule has 2 amide bonds. The zero-order valence-corrected chi connectivity index (χ0v) is 16.4. The molecule has 0 bridgehead atoms. The number of carbonyl (C=O) groups excluding carboxylic acids is 2. The highest BCUT2D eigenvalue weighted by molar-refractivity contribution is 6.42. The molecule has 0 aliphatic heterocycles. The van der Waals surface area contributed by atoms with Gasteiger partial charge in [-0.15, -0.1) is 0 Å². The second kappa shape index (κ2) is 8.63. The second-order valence-electron chi connectivity index (χ2n) is 6.42. The monoisotopic (exact) mass is 406 g/mol. The summed E-state index contributed by atoms with van der Waals surface area (Å²) in [6.07, 6.45) is 2.64. The third kappa shape index (κ3) is 5.15. The largest absolute Gasteiger partial charge is 0.497 e. The Morgan fingerprint density at radius 3 is 2.67 bits per heavy atom. The van der Waals surface area contributed by atoms with Gasteiger partial charge in [-0.2, -0.15) is 0 Å². The van der Waals surface area contributed by atoms with Crippen molar-refractivity contribution >= 4 is 40.7 Å². The smallest absolute Gasteiger partial charge is 0.253 e. The van der Waals surface area contributed by atoms with Gasteiger partial charge in [0.15, 0.2) is 0 Å². The lowest BCUT2D eigenvalue weighted by Crippen LogP contribution is -2.27. The topological polar surface area (TPSA) is 67.4 Å². The van der Waals surface area contributed by atoms with Crippen LogP contribution in [0.1, 0.15) is 35.2 Å². The third-order valence-corrected chi connectivity index (χ3v) is 5.17. The number of methoxy groups -OCH3 is 1. The Kier molecular flexibility index (Phi) is 6.24. The van der Waals surface area contributed by atoms with Crippen molar-refractivity contribution in [3.63, 3.8) is 0 Å². The molecule has 0 saturated heterocycles. The number of rotatable bonds is 7. The number of anilines is 1. The molecule has 2 N–H and O–H groups in total. The minimum absolute atomic E-state index is 0.211. The number of hydrogen-bond donors (Lipinski definition) is 2. The van der Waals surface area contributed by atoms with E-state index in [0.717, 1.165) is 18.4 Å². The molecule has 5 nitrogen and oxygen atoms in total. The zero-order chi connectivity index (χ0) is 19.4. The minimum atomic E-state index is -0.218. The van der Waals surface area contributed by atoms with Gasteiger partial charge in [0.25, 0.3) is 5.91 Å². The summed E-state index contributed by atoms with van der Waals surface area (Å²) in [6.45, 7) is 0. The maximum atomic E-state index is 12.5. The van der Waals surface area contributed by atoms with Crippen LogP contribution < -0.4 is 15.4 Å². The second-order valence-corrected chi connectivity index (χ2v) is 7.21. The van der Waals surface area contributed by atoms with Crippen LogP contribution in [0.15, 0.2) is 36.4 Å². The Labute approximate surface area is 168 Å². The van der Waals surface area contributed by atoms with Gasteiger partial charge in [-0.25, -0.2) is 0 Å². The van der Waals surface area contributed by atoms with E-state index in [2.05, 4.69) is 10.6 Å². The molecule has 27 heavy (non-hydrogen) atoms. The molecule has 1 aliphatic carbocycles. The predicted octanol–water partition coefficient (Wildman–Crippen LogP) is 4.47. The number of halogens is 2. The fourth-order valence-corrected chi connectivity index (χ4v) is 3.06. The van der Waals surface area contributed by atoms with E-state index in [1.165, 1.54) is 7.11 Å². The number of amides is 2. The Morgan fingerprint density at radius 1 is 1.19 bits per heavy atom. The van der Waals surface area contributed by atoms with Crippen LogP contribution in [0.3, 0.4) is 0 Å². The van der Waals surface area contributed by atoms with Gasteiger partial charge in [-0.3, -0.25) is 9.59 Å². The Balaban J connectivity index is 1.69. The Bertz CT molecular complexity index is 866. The van der Waals surface area contributed by atoms with Crippen molar-refractivity contribution in [1.29, 1.82) is 0 Å². The van der Waals surface area contributed by atoms with Crippen molar-refractivity contribution in [2.24, 2.45) is 0 Å². The number of aryl methyl sites for hydroxylation is 1. The molecule has 1 fully saturated rings. The molecule has 0 heterocycles. The van der Waals surface area contributed by atoms with E-state index in [0.29, 0.717) is 33.5 Å². The molecule has 0 unspecified atom stereocenters. The fraction of sp³-hybridized carbons (Fsp3) is 0.300. The van der Waals surface area contributed by atoms with Gasteiger partial charge >= 0.3 is 0 Å². The SMILES string of the molecule is COc1ccc(NC(=O)CCc2cccc(Cl)c2Cl)c(C(=O)NC2CC2)c1. The maximum absolute atomic E-state index is 12.5. The van der Waals surface area contributed by atoms with Gasteiger partial charge in [-0.05, 0) is 49.1 Å². The quantitative estimate of drug-likeness (QED) is 0.712. The van der Waals surface area contributed by atoms with Gasteiger partial charge in [0.05, 0.1) is 28.4 Å². The van der Waals surface area contributed by atoms with E-state index in [4.69, 9.17) is 27.9 Å². The minimum Gasteiger partial charge on any atom is -0.497 e. The van der Waals surface area contributed by atoms with Crippen LogP contribution in [0.5, 0.6) is 5.75 Å². The first kappa shape index (κ1) is 19.5. The van der Waals surface area contributed by atoms with Crippen LogP contribution in [0, 0.1) is 0 Å². The highest BCUT2D eigenvalue weighted by atomic mass is 35.5. The Hall–Kier alpha value is -2.24. The lowest BCUT2D eigenvalue weighted by atomic mass is 10.1. The van der Waals surface area contributed by atoms with Crippen LogP contribution >= 0.6 is 23.2 Å². The van der Waals surface area contributed by atoms with Crippen LogP contribution in [0.2, 0.25) is 10.0 Å². The molecule has 1 saturated carbocycles. The van der Waals surface area contributed by atoms with Gasteiger partial charge in [0.1, 0.15) is 5.75 Å². The van der Waals surface area contributed by atoms with Gasteiger partial charge in [0.2, 0.25) is 5.91 Å². The van der Waals surface area contributed by atoms with Crippen molar-refractivity contribution in [3.8, 4) is 5.75 Å². The van der Waals surface area contributed by atoms with E-state index in [1.807, 2.05) is 6.07 Å². The summed E-state index contributed by atoms with van der Waals surface area (Å²) in [7, 11) is 1.53. The normalized spacial score (nSPS) is 13.1. The molecule has 0 spiro atoms. The summed E-state index contributed by atoms with van der Waals surface area (Å²) in [5, 5.41) is 6.66. The van der Waals surface area contributed by atoms with Gasteiger partial charge in [-0.1, -0.05) is 35.3 Å². The van der Waals surface area contributed by atoms with Crippen LogP contribution in [0.4, 0.5) is 5.69 Å². The van der Waals surface area contributed by atoms with E-state index in [9.17, 15) is 9.59 Å². The van der Waals surface area contributed by atoms with E-state index in [-0.39, 0.29) is 24.3 Å². The maximum Gasteiger partial charge on any atom is 0.253 e. The van der Waals surface area contributed by atoms with Crippen molar-refractivity contribution in [3.05, 3.63) is 57.6 Å². The summed E-state index contributed by atoms with van der Waals surface area (Å²) in [5.74, 6) is 0.126. The molecule has 2 aromatic rings. The summed E-state index contributed by atoms with van der Waals surface area (Å²) < 4.78 is 5.20. The molecule has 142 valence electrons. The number of hydrogen-bond acceptors (Lipinski definition) is 3. The Morgan fingerprint density at radius 2 is 1.96 bits per heavy atom. The molecule has 1 aliphatic rings. The van der Waals surface area contributed by atoms with Crippen molar-refractivity contribution < 1.29 is 14.3 Å². The fourth-order valence-electron chi connectivity index (χ4n) is 2.64. The number of benzene rings is 2. The predicted molar refractivity (Wildman–Crippen MR) is 107 cm³/mol. The molecule has 3 rings (SSSR count). The van der Waals surface area contributed by atoms with E-state index < -0.39 is 0 Å². The van der Waals surface area contributed by atoms with Crippen LogP contribution in [-0.2, 0) is 11.2 Å². The van der Waals surface area contributed by atoms with Crippen molar-refractivity contribution in [2.75, 3.05) is 12.4 Å². The summed E-state index contributed by atoms with van der Waals surface area (Å²) in [4.78, 5) is 24.9. The van der Waals surface area contributed by atoms with E-state index >= 15 is 0 Å². The first-order valence-electron chi connectivity index (χ1n) is 8.69. The summed E-state index contributed by atoms with van der Waals surface area (Å²) >= 11 is 12.2. The van der Waals surface area contributed by atoms with Crippen LogP contribution in [0.25, 0.3) is 0 Å². The first-order chi connectivity index (χ1) is 13.0. The van der Waals surface area contributed by atoms with Gasteiger partial charge in [0, 0.05) is 12.5 Å². The molecular formula is C20H20Cl2N2O3. The number of ether oxygens (including phenoxy) is 1. The molecule has 7 heteroatoms. The van der Waals surface area contributed by atoms with Crippen molar-refractivity contribution in [1.82, 2.24) is 5.32 Å². The number of nitrogens with one attached hydrogen (secondary N) is 2. The summed E-state index contributed by atoms with van der Waals surface area (Å²) in [6, 6.07) is 10.6. The highest BCUT2D eigenvalue weighted by Crippen LogP contribution is 2.27. The molecule has 0 atom stereocenters. The van der Waals surface area contributed by atoms with Gasteiger partial charge < -0.3 is 15.4 Å². The number of carbonyl (C=O) groups is 2. The third-order valence-electron chi connectivity index (χ3n) is 4.31. The van der Waals surface area contributed by atoms with E-state index in [1.54, 1.807) is 30.3 Å². The lowest BCUT2D eigenvalue weighted by molar-refractivity contribution is -0.116. The lowest BCUT2D eigenvalue weighted by Gasteiger charge is -2.13. The molecule has 0 radical (unpaired) electrons. The molecular weight excluding hydrogens is 387 g/mol. The zero-order valence-electron chi connectivity index (χ0n) is 14.9. The summed E-state index contributed by atoms with van der Waals surface area (Å²) in [5.41, 5.74) is 1.65. The average Bonchev–Trinajstić information content (AvgIpc) is 3.47. The molecule has 2 aromatic carbocycles.